The number of pyridine rings is 2. The number of amides is 1. The average molecular weight is 455 g/mol. The lowest BCUT2D eigenvalue weighted by Crippen LogP contribution is -2.36. The van der Waals surface area contributed by atoms with Gasteiger partial charge in [0, 0.05) is 22.5 Å². The molecule has 1 aromatic carbocycles. The van der Waals surface area contributed by atoms with Gasteiger partial charge >= 0.3 is 0 Å². The Morgan fingerprint density at radius 2 is 2.03 bits per heavy atom. The molecule has 0 saturated carbocycles. The minimum absolute atomic E-state index is 0.166. The normalized spacial score (nSPS) is 17.8. The number of nitrogens with zero attached hydrogens (tertiary/aromatic N) is 3. The fourth-order valence-electron chi connectivity index (χ4n) is 4.03. The summed E-state index contributed by atoms with van der Waals surface area (Å²) in [6.07, 6.45) is 1.60. The summed E-state index contributed by atoms with van der Waals surface area (Å²) in [6.45, 7) is 1.90. The molecule has 1 atom stereocenters. The highest BCUT2D eigenvalue weighted by Gasteiger charge is 2.29. The van der Waals surface area contributed by atoms with Crippen molar-refractivity contribution in [1.29, 1.82) is 0 Å². The van der Waals surface area contributed by atoms with Gasteiger partial charge < -0.3 is 20.1 Å². The van der Waals surface area contributed by atoms with Gasteiger partial charge in [0.1, 0.15) is 11.5 Å². The summed E-state index contributed by atoms with van der Waals surface area (Å²) in [5.41, 5.74) is 11.1. The third kappa shape index (κ3) is 3.08. The van der Waals surface area contributed by atoms with Crippen LogP contribution in [0.25, 0.3) is 10.9 Å². The Hall–Kier alpha value is -2.55. The minimum Gasteiger partial charge on any atom is -0.383 e. The van der Waals surface area contributed by atoms with Crippen LogP contribution >= 0.6 is 15.9 Å². The molecule has 0 radical (unpaired) electrons. The maximum absolute atomic E-state index is 13.3. The predicted molar refractivity (Wildman–Crippen MR) is 111 cm³/mol. The van der Waals surface area contributed by atoms with E-state index in [1.807, 2.05) is 18.2 Å². The number of aromatic nitrogens is 2. The summed E-state index contributed by atoms with van der Waals surface area (Å²) in [4.78, 5) is 23.7. The van der Waals surface area contributed by atoms with Gasteiger partial charge in [-0.3, -0.25) is 4.79 Å². The highest BCUT2D eigenvalue weighted by molar-refractivity contribution is 9.10. The van der Waals surface area contributed by atoms with Gasteiger partial charge in [0.15, 0.2) is 0 Å². The highest BCUT2D eigenvalue weighted by atomic mass is 79.9. The number of benzene rings is 1. The van der Waals surface area contributed by atoms with Crippen LogP contribution in [-0.2, 0) is 29.3 Å². The standard InChI is InChI=1S/C21H19BrN4O3/c1-26(19-10-28-7-11-4-12(22)2-3-13(11)19)21(27)17-5-14-15-8-29-9-16(15)20(23)25-18(14)6-24-17/h2-6,19H,7-10H2,1H3,(H2,23,25)/t19-/m1/s1. The number of nitrogens with two attached hydrogens (primary N) is 1. The Morgan fingerprint density at radius 1 is 1.21 bits per heavy atom. The van der Waals surface area contributed by atoms with Crippen LogP contribution in [0.4, 0.5) is 5.82 Å². The molecule has 0 saturated heterocycles. The summed E-state index contributed by atoms with van der Waals surface area (Å²) in [5.74, 6) is 0.297. The first-order chi connectivity index (χ1) is 14.0. The Kier molecular flexibility index (Phi) is 4.49. The van der Waals surface area contributed by atoms with Crippen LogP contribution in [0.1, 0.15) is 38.8 Å². The first kappa shape index (κ1) is 18.5. The molecule has 0 aliphatic carbocycles. The lowest BCUT2D eigenvalue weighted by molar-refractivity contribution is 0.0342. The second-order valence-corrected chi connectivity index (χ2v) is 8.24. The number of fused-ring (bicyclic) bond motifs is 4. The first-order valence-electron chi connectivity index (χ1n) is 9.31. The van der Waals surface area contributed by atoms with E-state index < -0.39 is 0 Å². The number of hydrogen-bond acceptors (Lipinski definition) is 6. The molecule has 29 heavy (non-hydrogen) atoms. The maximum Gasteiger partial charge on any atom is 0.272 e. The van der Waals surface area contributed by atoms with Gasteiger partial charge in [0.2, 0.25) is 0 Å². The number of carbonyl (C=O) groups is 1. The van der Waals surface area contributed by atoms with E-state index in [2.05, 4.69) is 25.9 Å². The summed E-state index contributed by atoms with van der Waals surface area (Å²) in [5, 5.41) is 0.864. The lowest BCUT2D eigenvalue weighted by Gasteiger charge is -2.33. The molecule has 5 rings (SSSR count). The molecule has 0 spiro atoms. The zero-order valence-corrected chi connectivity index (χ0v) is 17.4. The van der Waals surface area contributed by atoms with Crippen LogP contribution in [0.15, 0.2) is 34.9 Å². The van der Waals surface area contributed by atoms with Crippen molar-refractivity contribution in [2.75, 3.05) is 19.4 Å². The van der Waals surface area contributed by atoms with E-state index in [9.17, 15) is 4.79 Å². The second kappa shape index (κ2) is 7.05. The van der Waals surface area contributed by atoms with Crippen LogP contribution in [0.2, 0.25) is 0 Å². The van der Waals surface area contributed by atoms with Crippen LogP contribution < -0.4 is 5.73 Å². The van der Waals surface area contributed by atoms with E-state index >= 15 is 0 Å². The zero-order valence-electron chi connectivity index (χ0n) is 15.8. The van der Waals surface area contributed by atoms with E-state index in [1.54, 1.807) is 24.2 Å². The molecule has 3 aromatic rings. The maximum atomic E-state index is 13.3. The van der Waals surface area contributed by atoms with Crippen molar-refractivity contribution in [3.63, 3.8) is 0 Å². The monoisotopic (exact) mass is 454 g/mol. The van der Waals surface area contributed by atoms with Gasteiger partial charge in [0.25, 0.3) is 5.91 Å². The molecule has 8 heteroatoms. The van der Waals surface area contributed by atoms with Crippen molar-refractivity contribution in [3.05, 3.63) is 62.9 Å². The predicted octanol–water partition coefficient (Wildman–Crippen LogP) is 3.35. The third-order valence-corrected chi connectivity index (χ3v) is 6.11. The number of nitrogen functional groups attached to an aromatic ring is 1. The minimum atomic E-state index is -0.171. The smallest absolute Gasteiger partial charge is 0.272 e. The van der Waals surface area contributed by atoms with Crippen LogP contribution in [0.5, 0.6) is 0 Å². The van der Waals surface area contributed by atoms with Crippen molar-refractivity contribution in [1.82, 2.24) is 14.9 Å². The van der Waals surface area contributed by atoms with Gasteiger partial charge in [-0.1, -0.05) is 22.0 Å². The summed E-state index contributed by atoms with van der Waals surface area (Å²) >= 11 is 3.49. The number of anilines is 1. The van der Waals surface area contributed by atoms with Crippen molar-refractivity contribution in [3.8, 4) is 0 Å². The fourth-order valence-corrected chi connectivity index (χ4v) is 4.44. The second-order valence-electron chi connectivity index (χ2n) is 7.32. The molecule has 0 fully saturated rings. The van der Waals surface area contributed by atoms with Crippen LogP contribution in [0.3, 0.4) is 0 Å². The van der Waals surface area contributed by atoms with E-state index in [0.717, 1.165) is 32.1 Å². The molecule has 2 aliphatic rings. The number of rotatable bonds is 2. The van der Waals surface area contributed by atoms with Gasteiger partial charge in [-0.15, -0.1) is 0 Å². The number of ether oxygens (including phenoxy) is 2. The number of halogens is 1. The van der Waals surface area contributed by atoms with E-state index in [4.69, 9.17) is 15.2 Å². The SMILES string of the molecule is CN(C(=O)c1cc2c3c(c(N)nc2cn1)COC3)[C@@H]1COCc2cc(Br)ccc21. The lowest BCUT2D eigenvalue weighted by atomic mass is 9.97. The average Bonchev–Trinajstić information content (AvgIpc) is 3.23. The fraction of sp³-hybridized carbons (Fsp3) is 0.286. The third-order valence-electron chi connectivity index (χ3n) is 5.62. The van der Waals surface area contributed by atoms with Crippen molar-refractivity contribution in [2.24, 2.45) is 0 Å². The Morgan fingerprint density at radius 3 is 2.90 bits per heavy atom. The number of likely N-dealkylation sites (N-methyl/N-ethyl adjacent to an activating group) is 1. The summed E-state index contributed by atoms with van der Waals surface area (Å²) in [7, 11) is 1.79. The van der Waals surface area contributed by atoms with Crippen molar-refractivity contribution in [2.45, 2.75) is 25.9 Å². The Balaban J connectivity index is 1.51. The van der Waals surface area contributed by atoms with E-state index in [0.29, 0.717) is 43.5 Å². The van der Waals surface area contributed by atoms with Crippen molar-refractivity contribution >= 4 is 38.6 Å². The zero-order chi connectivity index (χ0) is 20.1. The van der Waals surface area contributed by atoms with E-state index in [1.165, 1.54) is 0 Å². The first-order valence-corrected chi connectivity index (χ1v) is 10.1. The summed E-state index contributed by atoms with van der Waals surface area (Å²) < 4.78 is 12.3. The van der Waals surface area contributed by atoms with E-state index in [-0.39, 0.29) is 11.9 Å². The van der Waals surface area contributed by atoms with Crippen LogP contribution in [-0.4, -0.2) is 34.4 Å². The molecule has 7 nitrogen and oxygen atoms in total. The molecule has 4 heterocycles. The largest absolute Gasteiger partial charge is 0.383 e. The molecule has 2 aliphatic heterocycles. The topological polar surface area (TPSA) is 90.6 Å². The highest BCUT2D eigenvalue weighted by Crippen LogP contribution is 2.33. The summed E-state index contributed by atoms with van der Waals surface area (Å²) in [6, 6.07) is 7.69. The molecule has 148 valence electrons. The molecule has 0 unspecified atom stereocenters. The van der Waals surface area contributed by atoms with Gasteiger partial charge in [-0.2, -0.15) is 0 Å². The molecular formula is C21H19BrN4O3. The van der Waals surface area contributed by atoms with Gasteiger partial charge in [0.05, 0.1) is 44.2 Å². The Bertz CT molecular complexity index is 1150. The van der Waals surface area contributed by atoms with Gasteiger partial charge in [-0.05, 0) is 34.9 Å². The Labute approximate surface area is 176 Å². The number of carbonyl (C=O) groups excluding carboxylic acids is 1. The molecular weight excluding hydrogens is 436 g/mol. The van der Waals surface area contributed by atoms with Crippen LogP contribution in [0, 0.1) is 0 Å². The molecule has 2 aromatic heterocycles. The van der Waals surface area contributed by atoms with Crippen molar-refractivity contribution < 1.29 is 14.3 Å². The molecule has 2 N–H and O–H groups in total. The quantitative estimate of drug-likeness (QED) is 0.638. The molecule has 1 amide bonds. The number of hydrogen-bond donors (Lipinski definition) is 1. The van der Waals surface area contributed by atoms with Gasteiger partial charge in [-0.25, -0.2) is 9.97 Å². The molecule has 0 bridgehead atoms.